The number of nitrogens with one attached hydrogen (secondary N) is 2. The van der Waals surface area contributed by atoms with Crippen LogP contribution in [0.5, 0.6) is 0 Å². The second-order valence-corrected chi connectivity index (χ2v) is 6.67. The zero-order chi connectivity index (χ0) is 14.8. The number of nitrogen functional groups attached to an aromatic ring is 1. The van der Waals surface area contributed by atoms with Gasteiger partial charge in [-0.3, -0.25) is 0 Å². The molecule has 0 radical (unpaired) electrons. The van der Waals surface area contributed by atoms with Gasteiger partial charge in [-0.05, 0) is 50.4 Å². The zero-order valence-corrected chi connectivity index (χ0v) is 13.2. The van der Waals surface area contributed by atoms with Crippen LogP contribution in [0.15, 0.2) is 0 Å². The maximum atomic E-state index is 5.58. The molecule has 0 aromatic carbocycles. The molecule has 3 atom stereocenters. The van der Waals surface area contributed by atoms with Crippen LogP contribution in [0.2, 0.25) is 0 Å². The Hall–Kier alpha value is -1.36. The molecule has 1 heterocycles. The Morgan fingerprint density at radius 1 is 1.19 bits per heavy atom. The molecule has 116 valence electrons. The standard InChI is InChI=1S/C16H27N5/c1-3-4-14-19-15(10(2)16(20-14)21-17)18-9-13-8-11-5-6-12(13)7-11/h11-13H,3-9,17H2,1-2H3,(H2,18,19,20,21). The maximum Gasteiger partial charge on any atom is 0.148 e. The van der Waals surface area contributed by atoms with Crippen molar-refractivity contribution < 1.29 is 0 Å². The molecule has 4 N–H and O–H groups in total. The minimum absolute atomic E-state index is 0.740. The van der Waals surface area contributed by atoms with Crippen LogP contribution in [-0.4, -0.2) is 16.5 Å². The summed E-state index contributed by atoms with van der Waals surface area (Å²) in [7, 11) is 0. The molecular formula is C16H27N5. The molecule has 5 nitrogen and oxygen atoms in total. The van der Waals surface area contributed by atoms with Crippen LogP contribution in [0.25, 0.3) is 0 Å². The van der Waals surface area contributed by atoms with Crippen molar-refractivity contribution in [1.82, 2.24) is 9.97 Å². The first-order valence-electron chi connectivity index (χ1n) is 8.29. The first kappa shape index (κ1) is 14.6. The number of nitrogens with two attached hydrogens (primary N) is 1. The van der Waals surface area contributed by atoms with Crippen molar-refractivity contribution in [1.29, 1.82) is 0 Å². The average Bonchev–Trinajstić information content (AvgIpc) is 3.10. The van der Waals surface area contributed by atoms with E-state index in [0.717, 1.165) is 60.2 Å². The van der Waals surface area contributed by atoms with Gasteiger partial charge in [0.25, 0.3) is 0 Å². The van der Waals surface area contributed by atoms with Crippen molar-refractivity contribution in [2.75, 3.05) is 17.3 Å². The molecule has 3 unspecified atom stereocenters. The third kappa shape index (κ3) is 2.98. The van der Waals surface area contributed by atoms with Gasteiger partial charge in [-0.2, -0.15) is 0 Å². The van der Waals surface area contributed by atoms with E-state index in [1.807, 2.05) is 6.92 Å². The summed E-state index contributed by atoms with van der Waals surface area (Å²) < 4.78 is 0. The van der Waals surface area contributed by atoms with Gasteiger partial charge in [-0.25, -0.2) is 15.8 Å². The fourth-order valence-corrected chi connectivity index (χ4v) is 4.07. The Morgan fingerprint density at radius 2 is 2.00 bits per heavy atom. The lowest BCUT2D eigenvalue weighted by Crippen LogP contribution is -2.22. The van der Waals surface area contributed by atoms with Crippen molar-refractivity contribution >= 4 is 11.6 Å². The number of nitrogens with zero attached hydrogens (tertiary/aromatic N) is 2. The molecule has 0 amide bonds. The number of hydrogen-bond acceptors (Lipinski definition) is 5. The van der Waals surface area contributed by atoms with Crippen LogP contribution in [0, 0.1) is 24.7 Å². The second kappa shape index (κ2) is 6.18. The number of anilines is 2. The number of aryl methyl sites for hydroxylation is 1. The van der Waals surface area contributed by atoms with Crippen LogP contribution in [0.4, 0.5) is 11.6 Å². The summed E-state index contributed by atoms with van der Waals surface area (Å²) in [6.07, 6.45) is 7.65. The van der Waals surface area contributed by atoms with Crippen molar-refractivity contribution in [3.8, 4) is 0 Å². The molecule has 3 rings (SSSR count). The van der Waals surface area contributed by atoms with Crippen LogP contribution in [-0.2, 0) is 6.42 Å². The molecule has 2 aliphatic carbocycles. The highest BCUT2D eigenvalue weighted by molar-refractivity contribution is 5.56. The molecule has 5 heteroatoms. The minimum atomic E-state index is 0.740. The van der Waals surface area contributed by atoms with Gasteiger partial charge in [0.2, 0.25) is 0 Å². The summed E-state index contributed by atoms with van der Waals surface area (Å²) >= 11 is 0. The highest BCUT2D eigenvalue weighted by atomic mass is 15.3. The fourth-order valence-electron chi connectivity index (χ4n) is 4.07. The van der Waals surface area contributed by atoms with E-state index in [1.165, 1.54) is 25.7 Å². The number of aromatic nitrogens is 2. The Bertz CT molecular complexity index is 502. The monoisotopic (exact) mass is 289 g/mol. The third-order valence-electron chi connectivity index (χ3n) is 5.22. The number of fused-ring (bicyclic) bond motifs is 2. The van der Waals surface area contributed by atoms with Gasteiger partial charge in [0.15, 0.2) is 0 Å². The van der Waals surface area contributed by atoms with Gasteiger partial charge in [-0.1, -0.05) is 13.3 Å². The molecule has 0 spiro atoms. The van der Waals surface area contributed by atoms with Crippen molar-refractivity contribution in [2.24, 2.45) is 23.6 Å². The average molecular weight is 289 g/mol. The van der Waals surface area contributed by atoms with Gasteiger partial charge >= 0.3 is 0 Å². The topological polar surface area (TPSA) is 75.9 Å². The van der Waals surface area contributed by atoms with Crippen LogP contribution >= 0.6 is 0 Å². The quantitative estimate of drug-likeness (QED) is 0.554. The van der Waals surface area contributed by atoms with Crippen LogP contribution in [0.3, 0.4) is 0 Å². The van der Waals surface area contributed by atoms with E-state index in [1.54, 1.807) is 0 Å². The summed E-state index contributed by atoms with van der Waals surface area (Å²) in [6.45, 7) is 5.20. The molecule has 21 heavy (non-hydrogen) atoms. The predicted molar refractivity (Wildman–Crippen MR) is 86.0 cm³/mol. The van der Waals surface area contributed by atoms with E-state index in [9.17, 15) is 0 Å². The Kier molecular flexibility index (Phi) is 4.29. The number of rotatable bonds is 6. The SMILES string of the molecule is CCCc1nc(NN)c(C)c(NCC2CC3CCC2C3)n1. The number of hydrazine groups is 1. The lowest BCUT2D eigenvalue weighted by Gasteiger charge is -2.23. The maximum absolute atomic E-state index is 5.58. The van der Waals surface area contributed by atoms with Gasteiger partial charge in [0.1, 0.15) is 17.5 Å². The first-order valence-corrected chi connectivity index (χ1v) is 8.29. The smallest absolute Gasteiger partial charge is 0.148 e. The number of hydrogen-bond donors (Lipinski definition) is 3. The van der Waals surface area contributed by atoms with E-state index >= 15 is 0 Å². The lowest BCUT2D eigenvalue weighted by atomic mass is 9.89. The van der Waals surface area contributed by atoms with Crippen LogP contribution < -0.4 is 16.6 Å². The predicted octanol–water partition coefficient (Wildman–Crippen LogP) is 2.87. The molecule has 2 bridgehead atoms. The van der Waals surface area contributed by atoms with E-state index in [4.69, 9.17) is 5.84 Å². The summed E-state index contributed by atoms with van der Waals surface area (Å²) in [6, 6.07) is 0. The van der Waals surface area contributed by atoms with Gasteiger partial charge in [0, 0.05) is 18.5 Å². The molecule has 2 aliphatic rings. The molecule has 1 aromatic heterocycles. The van der Waals surface area contributed by atoms with Crippen molar-refractivity contribution in [3.63, 3.8) is 0 Å². The van der Waals surface area contributed by atoms with Crippen LogP contribution in [0.1, 0.15) is 50.4 Å². The molecule has 0 saturated heterocycles. The highest BCUT2D eigenvalue weighted by Gasteiger charge is 2.39. The van der Waals surface area contributed by atoms with Crippen molar-refractivity contribution in [2.45, 2.75) is 52.4 Å². The van der Waals surface area contributed by atoms with Gasteiger partial charge in [0.05, 0.1) is 0 Å². The Balaban J connectivity index is 1.70. The highest BCUT2D eigenvalue weighted by Crippen LogP contribution is 2.48. The van der Waals surface area contributed by atoms with E-state index in [-0.39, 0.29) is 0 Å². The molecule has 2 fully saturated rings. The molecule has 1 aromatic rings. The molecule has 2 saturated carbocycles. The normalized spacial score (nSPS) is 27.1. The fraction of sp³-hybridized carbons (Fsp3) is 0.750. The van der Waals surface area contributed by atoms with E-state index in [0.29, 0.717) is 0 Å². The van der Waals surface area contributed by atoms with Gasteiger partial charge in [-0.15, -0.1) is 0 Å². The zero-order valence-electron chi connectivity index (χ0n) is 13.2. The summed E-state index contributed by atoms with van der Waals surface area (Å²) in [4.78, 5) is 9.15. The summed E-state index contributed by atoms with van der Waals surface area (Å²) in [5.41, 5.74) is 3.71. The largest absolute Gasteiger partial charge is 0.369 e. The molecule has 0 aliphatic heterocycles. The summed E-state index contributed by atoms with van der Waals surface area (Å²) in [5, 5.41) is 3.57. The summed E-state index contributed by atoms with van der Waals surface area (Å²) in [5.74, 6) is 10.9. The Labute approximate surface area is 127 Å². The second-order valence-electron chi connectivity index (χ2n) is 6.67. The van der Waals surface area contributed by atoms with E-state index in [2.05, 4.69) is 27.6 Å². The minimum Gasteiger partial charge on any atom is -0.369 e. The lowest BCUT2D eigenvalue weighted by molar-refractivity contribution is 0.348. The Morgan fingerprint density at radius 3 is 2.62 bits per heavy atom. The first-order chi connectivity index (χ1) is 10.2. The molecular weight excluding hydrogens is 262 g/mol. The third-order valence-corrected chi connectivity index (χ3v) is 5.22. The van der Waals surface area contributed by atoms with Gasteiger partial charge < -0.3 is 10.7 Å². The van der Waals surface area contributed by atoms with E-state index < -0.39 is 0 Å². The van der Waals surface area contributed by atoms with Crippen molar-refractivity contribution in [3.05, 3.63) is 11.4 Å².